The van der Waals surface area contributed by atoms with Crippen LogP contribution in [0.15, 0.2) is 0 Å². The number of ether oxygens (including phenoxy) is 1. The van der Waals surface area contributed by atoms with Crippen molar-refractivity contribution in [3.05, 3.63) is 17.0 Å². The van der Waals surface area contributed by atoms with Crippen LogP contribution in [-0.4, -0.2) is 28.0 Å². The summed E-state index contributed by atoms with van der Waals surface area (Å²) >= 11 is 0. The molecule has 0 atom stereocenters. The molecular weight excluding hydrogens is 208 g/mol. The fraction of sp³-hybridized carbons (Fsp3) is 0.636. The molecule has 0 aliphatic rings. The molecule has 0 aromatic carbocycles. The van der Waals surface area contributed by atoms with E-state index in [1.54, 1.807) is 0 Å². The van der Waals surface area contributed by atoms with Gasteiger partial charge in [0.2, 0.25) is 0 Å². The van der Waals surface area contributed by atoms with Gasteiger partial charge in [-0.1, -0.05) is 13.8 Å². The molecule has 0 saturated heterocycles. The average Bonchev–Trinajstić information content (AvgIpc) is 2.59. The third-order valence-electron chi connectivity index (χ3n) is 2.26. The molecule has 92 valence electrons. The first kappa shape index (κ1) is 14.6. The molecule has 0 aliphatic heterocycles. The minimum atomic E-state index is -0.347. The molecule has 16 heavy (non-hydrogen) atoms. The second kappa shape index (κ2) is 7.00. The van der Waals surface area contributed by atoms with Crippen LogP contribution in [-0.2, 0) is 22.7 Å². The molecule has 0 fully saturated rings. The van der Waals surface area contributed by atoms with E-state index in [-0.39, 0.29) is 19.1 Å². The predicted octanol–water partition coefficient (Wildman–Crippen LogP) is 1.19. The molecule has 0 spiro atoms. The fourth-order valence-corrected chi connectivity index (χ4v) is 1.19. The zero-order chi connectivity index (χ0) is 12.7. The standard InChI is InChI=1S/C9H14N2O3.C2H6/c1-6-7(2)11(4-9(13)14-3)10-8(6)5-12;1-2/h12H,4-5H2,1-3H3;1-2H3. The van der Waals surface area contributed by atoms with Crippen molar-refractivity contribution in [1.29, 1.82) is 0 Å². The van der Waals surface area contributed by atoms with Crippen LogP contribution in [0.25, 0.3) is 0 Å². The Bertz CT molecular complexity index is 345. The summed E-state index contributed by atoms with van der Waals surface area (Å²) in [6.45, 7) is 7.69. The van der Waals surface area contributed by atoms with Gasteiger partial charge in [-0.25, -0.2) is 0 Å². The molecule has 0 radical (unpaired) electrons. The third kappa shape index (κ3) is 3.34. The van der Waals surface area contributed by atoms with Gasteiger partial charge in [0.15, 0.2) is 0 Å². The lowest BCUT2D eigenvalue weighted by atomic mass is 10.2. The molecule has 1 aromatic rings. The van der Waals surface area contributed by atoms with Crippen molar-refractivity contribution in [2.45, 2.75) is 40.8 Å². The molecular formula is C11H20N2O3. The van der Waals surface area contributed by atoms with E-state index in [0.29, 0.717) is 5.69 Å². The maximum atomic E-state index is 11.0. The highest BCUT2D eigenvalue weighted by Crippen LogP contribution is 2.11. The number of aliphatic hydroxyl groups excluding tert-OH is 1. The molecule has 5 heteroatoms. The van der Waals surface area contributed by atoms with E-state index in [0.717, 1.165) is 11.3 Å². The Morgan fingerprint density at radius 3 is 2.38 bits per heavy atom. The summed E-state index contributed by atoms with van der Waals surface area (Å²) in [7, 11) is 1.33. The number of hydrogen-bond donors (Lipinski definition) is 1. The summed E-state index contributed by atoms with van der Waals surface area (Å²) in [4.78, 5) is 11.0. The van der Waals surface area contributed by atoms with E-state index in [1.807, 2.05) is 27.7 Å². The lowest BCUT2D eigenvalue weighted by molar-refractivity contribution is -0.141. The third-order valence-corrected chi connectivity index (χ3v) is 2.26. The van der Waals surface area contributed by atoms with Gasteiger partial charge in [0, 0.05) is 5.69 Å². The normalized spacial score (nSPS) is 9.38. The van der Waals surface area contributed by atoms with Crippen molar-refractivity contribution in [1.82, 2.24) is 9.78 Å². The average molecular weight is 228 g/mol. The maximum Gasteiger partial charge on any atom is 0.327 e. The van der Waals surface area contributed by atoms with Gasteiger partial charge >= 0.3 is 5.97 Å². The van der Waals surface area contributed by atoms with Crippen LogP contribution in [0.1, 0.15) is 30.8 Å². The Kier molecular flexibility index (Phi) is 6.41. The van der Waals surface area contributed by atoms with Gasteiger partial charge in [0.1, 0.15) is 6.54 Å². The lowest BCUT2D eigenvalue weighted by Crippen LogP contribution is -2.14. The number of hydrogen-bond acceptors (Lipinski definition) is 4. The molecule has 0 saturated carbocycles. The van der Waals surface area contributed by atoms with Crippen LogP contribution in [0.3, 0.4) is 0 Å². The SMILES string of the molecule is CC.COC(=O)Cn1nc(CO)c(C)c1C. The van der Waals surface area contributed by atoms with E-state index in [2.05, 4.69) is 9.84 Å². The molecule has 5 nitrogen and oxygen atoms in total. The number of esters is 1. The first-order chi connectivity index (χ1) is 7.60. The molecule has 0 amide bonds. The predicted molar refractivity (Wildman–Crippen MR) is 61.0 cm³/mol. The van der Waals surface area contributed by atoms with Gasteiger partial charge < -0.3 is 9.84 Å². The van der Waals surface area contributed by atoms with Gasteiger partial charge in [0.25, 0.3) is 0 Å². The Labute approximate surface area is 96.0 Å². The van der Waals surface area contributed by atoms with Gasteiger partial charge in [-0.15, -0.1) is 0 Å². The molecule has 1 rings (SSSR count). The van der Waals surface area contributed by atoms with Crippen molar-refractivity contribution < 1.29 is 14.6 Å². The van der Waals surface area contributed by atoms with Crippen LogP contribution >= 0.6 is 0 Å². The van der Waals surface area contributed by atoms with E-state index >= 15 is 0 Å². The van der Waals surface area contributed by atoms with E-state index in [9.17, 15) is 4.79 Å². The Morgan fingerprint density at radius 1 is 1.44 bits per heavy atom. The highest BCUT2D eigenvalue weighted by molar-refractivity contribution is 5.69. The quantitative estimate of drug-likeness (QED) is 0.789. The van der Waals surface area contributed by atoms with Gasteiger partial charge in [-0.2, -0.15) is 5.10 Å². The molecule has 1 N–H and O–H groups in total. The van der Waals surface area contributed by atoms with Crippen molar-refractivity contribution in [2.24, 2.45) is 0 Å². The summed E-state index contributed by atoms with van der Waals surface area (Å²) in [5, 5.41) is 13.0. The first-order valence-corrected chi connectivity index (χ1v) is 5.30. The summed E-state index contributed by atoms with van der Waals surface area (Å²) in [6, 6.07) is 0. The van der Waals surface area contributed by atoms with Gasteiger partial charge in [-0.05, 0) is 19.4 Å². The van der Waals surface area contributed by atoms with Crippen LogP contribution in [0, 0.1) is 13.8 Å². The molecule has 0 bridgehead atoms. The summed E-state index contributed by atoms with van der Waals surface area (Å²) in [6.07, 6.45) is 0. The van der Waals surface area contributed by atoms with Crippen molar-refractivity contribution in [3.63, 3.8) is 0 Å². The number of aliphatic hydroxyl groups is 1. The number of nitrogens with zero attached hydrogens (tertiary/aromatic N) is 2. The van der Waals surface area contributed by atoms with Gasteiger partial charge in [0.05, 0.1) is 19.4 Å². The van der Waals surface area contributed by atoms with Crippen LogP contribution in [0.5, 0.6) is 0 Å². The van der Waals surface area contributed by atoms with Crippen LogP contribution < -0.4 is 0 Å². The monoisotopic (exact) mass is 228 g/mol. The molecule has 0 aliphatic carbocycles. The van der Waals surface area contributed by atoms with Gasteiger partial charge in [-0.3, -0.25) is 9.48 Å². The molecule has 0 unspecified atom stereocenters. The largest absolute Gasteiger partial charge is 0.468 e. The smallest absolute Gasteiger partial charge is 0.327 e. The topological polar surface area (TPSA) is 64.4 Å². The number of methoxy groups -OCH3 is 1. The Balaban J connectivity index is 0.00000106. The first-order valence-electron chi connectivity index (χ1n) is 5.30. The van der Waals surface area contributed by atoms with Crippen LogP contribution in [0.4, 0.5) is 0 Å². The number of rotatable bonds is 3. The van der Waals surface area contributed by atoms with Crippen LogP contribution in [0.2, 0.25) is 0 Å². The fourth-order valence-electron chi connectivity index (χ4n) is 1.19. The molecule has 1 aromatic heterocycles. The summed E-state index contributed by atoms with van der Waals surface area (Å²) < 4.78 is 6.06. The van der Waals surface area contributed by atoms with E-state index in [1.165, 1.54) is 11.8 Å². The summed E-state index contributed by atoms with van der Waals surface area (Å²) in [5.74, 6) is -0.347. The molecule has 1 heterocycles. The second-order valence-electron chi connectivity index (χ2n) is 3.05. The van der Waals surface area contributed by atoms with E-state index in [4.69, 9.17) is 5.11 Å². The van der Waals surface area contributed by atoms with Crippen molar-refractivity contribution in [3.8, 4) is 0 Å². The Hall–Kier alpha value is -1.36. The highest BCUT2D eigenvalue weighted by Gasteiger charge is 2.12. The number of aromatic nitrogens is 2. The summed E-state index contributed by atoms with van der Waals surface area (Å²) in [5.41, 5.74) is 2.39. The zero-order valence-corrected chi connectivity index (χ0v) is 10.6. The van der Waals surface area contributed by atoms with Crippen molar-refractivity contribution >= 4 is 5.97 Å². The Morgan fingerprint density at radius 2 is 2.00 bits per heavy atom. The van der Waals surface area contributed by atoms with Crippen molar-refractivity contribution in [2.75, 3.05) is 7.11 Å². The maximum absolute atomic E-state index is 11.0. The minimum absolute atomic E-state index is 0.0865. The second-order valence-corrected chi connectivity index (χ2v) is 3.05. The zero-order valence-electron chi connectivity index (χ0n) is 10.6. The number of carbonyl (C=O) groups is 1. The number of carbonyl (C=O) groups excluding carboxylic acids is 1. The highest BCUT2D eigenvalue weighted by atomic mass is 16.5. The van der Waals surface area contributed by atoms with E-state index < -0.39 is 0 Å². The minimum Gasteiger partial charge on any atom is -0.468 e. The lowest BCUT2D eigenvalue weighted by Gasteiger charge is -2.01.